The van der Waals surface area contributed by atoms with Crippen LogP contribution in [0.25, 0.3) is 11.0 Å². The lowest BCUT2D eigenvalue weighted by Crippen LogP contribution is -2.37. The Hall–Kier alpha value is -2.61. The van der Waals surface area contributed by atoms with Gasteiger partial charge in [-0.1, -0.05) is 17.7 Å². The Balaban J connectivity index is 1.91. The fourth-order valence-corrected chi connectivity index (χ4v) is 3.17. The van der Waals surface area contributed by atoms with E-state index in [1.54, 1.807) is 18.3 Å². The SMILES string of the molecule is O=C(c1c(Cl)cccc1C(F)(F)F)n1nc(N2CCC2)c2ncccc21. The van der Waals surface area contributed by atoms with E-state index >= 15 is 0 Å². The van der Waals surface area contributed by atoms with Gasteiger partial charge in [0, 0.05) is 19.3 Å². The summed E-state index contributed by atoms with van der Waals surface area (Å²) >= 11 is 5.95. The second kappa shape index (κ2) is 5.98. The van der Waals surface area contributed by atoms with Crippen molar-refractivity contribution in [2.24, 2.45) is 0 Å². The van der Waals surface area contributed by atoms with Gasteiger partial charge in [-0.05, 0) is 30.7 Å². The first-order valence-electron chi connectivity index (χ1n) is 7.87. The van der Waals surface area contributed by atoms with E-state index < -0.39 is 23.2 Å². The minimum atomic E-state index is -4.71. The third kappa shape index (κ3) is 2.61. The second-order valence-corrected chi connectivity index (χ2v) is 6.32. The summed E-state index contributed by atoms with van der Waals surface area (Å²) in [5, 5.41) is 3.98. The molecule has 0 unspecified atom stereocenters. The lowest BCUT2D eigenvalue weighted by atomic mass is 10.1. The van der Waals surface area contributed by atoms with Gasteiger partial charge in [0.1, 0.15) is 5.52 Å². The molecular weight excluding hydrogens is 369 g/mol. The summed E-state index contributed by atoms with van der Waals surface area (Å²) < 4.78 is 41.0. The summed E-state index contributed by atoms with van der Waals surface area (Å²) in [7, 11) is 0. The fraction of sp³-hybridized carbons (Fsp3) is 0.235. The molecular formula is C17H12ClF3N4O. The molecule has 2 aromatic heterocycles. The maximum absolute atomic E-state index is 13.4. The van der Waals surface area contributed by atoms with Crippen molar-refractivity contribution in [3.05, 3.63) is 52.7 Å². The van der Waals surface area contributed by atoms with Gasteiger partial charge >= 0.3 is 6.18 Å². The Bertz CT molecular complexity index is 1010. The van der Waals surface area contributed by atoms with E-state index in [1.807, 2.05) is 4.90 Å². The third-order valence-electron chi connectivity index (χ3n) is 4.30. The number of anilines is 1. The quantitative estimate of drug-likeness (QED) is 0.674. The molecule has 26 heavy (non-hydrogen) atoms. The summed E-state index contributed by atoms with van der Waals surface area (Å²) in [4.78, 5) is 19.1. The van der Waals surface area contributed by atoms with Crippen LogP contribution in [0.1, 0.15) is 22.3 Å². The molecule has 0 saturated carbocycles. The molecule has 1 fully saturated rings. The number of hydrogen-bond acceptors (Lipinski definition) is 4. The van der Waals surface area contributed by atoms with Crippen LogP contribution in [0.3, 0.4) is 0 Å². The van der Waals surface area contributed by atoms with E-state index in [1.165, 1.54) is 6.07 Å². The highest BCUT2D eigenvalue weighted by Crippen LogP contribution is 2.36. The molecule has 0 aliphatic carbocycles. The monoisotopic (exact) mass is 380 g/mol. The van der Waals surface area contributed by atoms with Crippen molar-refractivity contribution in [1.29, 1.82) is 0 Å². The number of hydrogen-bond donors (Lipinski definition) is 0. The number of rotatable bonds is 2. The highest BCUT2D eigenvalue weighted by Gasteiger charge is 2.37. The molecule has 9 heteroatoms. The predicted molar refractivity (Wildman–Crippen MR) is 90.5 cm³/mol. The number of carbonyl (C=O) groups is 1. The molecule has 1 aromatic carbocycles. The summed E-state index contributed by atoms with van der Waals surface area (Å²) in [5.74, 6) is -0.450. The van der Waals surface area contributed by atoms with Crippen LogP contribution in [0, 0.1) is 0 Å². The van der Waals surface area contributed by atoms with Crippen LogP contribution in [0.5, 0.6) is 0 Å². The van der Waals surface area contributed by atoms with Gasteiger partial charge in [-0.2, -0.15) is 17.9 Å². The van der Waals surface area contributed by atoms with Crippen molar-refractivity contribution in [1.82, 2.24) is 14.8 Å². The number of pyridine rings is 1. The number of nitrogens with zero attached hydrogens (tertiary/aromatic N) is 4. The van der Waals surface area contributed by atoms with E-state index in [0.717, 1.165) is 36.3 Å². The number of carbonyl (C=O) groups excluding carboxylic acids is 1. The molecule has 3 aromatic rings. The predicted octanol–water partition coefficient (Wildman–Crippen LogP) is 4.00. The van der Waals surface area contributed by atoms with Crippen molar-refractivity contribution in [2.75, 3.05) is 18.0 Å². The highest BCUT2D eigenvalue weighted by atomic mass is 35.5. The molecule has 0 N–H and O–H groups in total. The molecule has 134 valence electrons. The van der Waals surface area contributed by atoms with Gasteiger partial charge in [0.05, 0.1) is 21.7 Å². The standard InChI is InChI=1S/C17H12ClF3N4O/c18-11-5-1-4-10(17(19,20)21)13(11)16(26)25-12-6-2-7-22-14(12)15(23-25)24-8-3-9-24/h1-2,4-7H,3,8-9H2. The summed E-state index contributed by atoms with van der Waals surface area (Å²) in [6.07, 6.45) is -2.17. The second-order valence-electron chi connectivity index (χ2n) is 5.91. The van der Waals surface area contributed by atoms with Crippen molar-refractivity contribution in [3.63, 3.8) is 0 Å². The Kier molecular flexibility index (Phi) is 3.87. The van der Waals surface area contributed by atoms with Crippen LogP contribution in [-0.4, -0.2) is 33.8 Å². The van der Waals surface area contributed by atoms with Crippen LogP contribution in [0.15, 0.2) is 36.5 Å². The van der Waals surface area contributed by atoms with Gasteiger partial charge in [0.25, 0.3) is 5.91 Å². The Morgan fingerprint density at radius 3 is 2.58 bits per heavy atom. The average Bonchev–Trinajstić information content (AvgIpc) is 2.91. The van der Waals surface area contributed by atoms with E-state index in [0.29, 0.717) is 16.9 Å². The number of benzene rings is 1. The molecule has 0 radical (unpaired) electrons. The molecule has 5 nitrogen and oxygen atoms in total. The molecule has 4 rings (SSSR count). The van der Waals surface area contributed by atoms with Crippen LogP contribution < -0.4 is 4.90 Å². The smallest absolute Gasteiger partial charge is 0.353 e. The van der Waals surface area contributed by atoms with Gasteiger partial charge in [0.2, 0.25) is 0 Å². The normalized spacial score (nSPS) is 14.5. The third-order valence-corrected chi connectivity index (χ3v) is 4.62. The first-order chi connectivity index (χ1) is 12.4. The van der Waals surface area contributed by atoms with Crippen molar-refractivity contribution in [2.45, 2.75) is 12.6 Å². The maximum Gasteiger partial charge on any atom is 0.417 e. The Morgan fingerprint density at radius 2 is 1.92 bits per heavy atom. The molecule has 0 spiro atoms. The van der Waals surface area contributed by atoms with Crippen LogP contribution >= 0.6 is 11.6 Å². The van der Waals surface area contributed by atoms with Crippen molar-refractivity contribution >= 4 is 34.4 Å². The lowest BCUT2D eigenvalue weighted by molar-refractivity contribution is -0.137. The van der Waals surface area contributed by atoms with Gasteiger partial charge in [0.15, 0.2) is 5.82 Å². The summed E-state index contributed by atoms with van der Waals surface area (Å²) in [6, 6.07) is 6.45. The van der Waals surface area contributed by atoms with E-state index in [2.05, 4.69) is 10.1 Å². The zero-order chi connectivity index (χ0) is 18.5. The topological polar surface area (TPSA) is 51.0 Å². The maximum atomic E-state index is 13.4. The first kappa shape index (κ1) is 16.8. The minimum absolute atomic E-state index is 0.275. The summed E-state index contributed by atoms with van der Waals surface area (Å²) in [6.45, 7) is 1.52. The number of fused-ring (bicyclic) bond motifs is 1. The molecule has 0 amide bonds. The van der Waals surface area contributed by atoms with Gasteiger partial charge in [-0.15, -0.1) is 5.10 Å². The number of alkyl halides is 3. The molecule has 0 atom stereocenters. The van der Waals surface area contributed by atoms with Crippen LogP contribution in [0.4, 0.5) is 19.0 Å². The van der Waals surface area contributed by atoms with Crippen molar-refractivity contribution < 1.29 is 18.0 Å². The van der Waals surface area contributed by atoms with E-state index in [-0.39, 0.29) is 5.02 Å². The zero-order valence-electron chi connectivity index (χ0n) is 13.3. The summed E-state index contributed by atoms with van der Waals surface area (Å²) in [5.41, 5.74) is -0.897. The highest BCUT2D eigenvalue weighted by molar-refractivity contribution is 6.34. The number of halogens is 4. The largest absolute Gasteiger partial charge is 0.417 e. The molecule has 3 heterocycles. The molecule has 1 aliphatic rings. The number of aromatic nitrogens is 3. The Morgan fingerprint density at radius 1 is 1.15 bits per heavy atom. The Labute approximate surface area is 151 Å². The average molecular weight is 381 g/mol. The molecule has 0 bridgehead atoms. The molecule has 1 aliphatic heterocycles. The van der Waals surface area contributed by atoms with E-state index in [4.69, 9.17) is 11.6 Å². The van der Waals surface area contributed by atoms with Crippen LogP contribution in [-0.2, 0) is 6.18 Å². The molecule has 1 saturated heterocycles. The zero-order valence-corrected chi connectivity index (χ0v) is 14.1. The lowest BCUT2D eigenvalue weighted by Gasteiger charge is -2.30. The van der Waals surface area contributed by atoms with Gasteiger partial charge < -0.3 is 4.90 Å². The first-order valence-corrected chi connectivity index (χ1v) is 8.25. The van der Waals surface area contributed by atoms with Crippen LogP contribution in [0.2, 0.25) is 5.02 Å². The van der Waals surface area contributed by atoms with Gasteiger partial charge in [-0.25, -0.2) is 0 Å². The van der Waals surface area contributed by atoms with Gasteiger partial charge in [-0.3, -0.25) is 9.78 Å². The van der Waals surface area contributed by atoms with E-state index in [9.17, 15) is 18.0 Å². The fourth-order valence-electron chi connectivity index (χ4n) is 2.92. The minimum Gasteiger partial charge on any atom is -0.353 e. The van der Waals surface area contributed by atoms with Crippen molar-refractivity contribution in [3.8, 4) is 0 Å².